The molecule has 104 valence electrons. The van der Waals surface area contributed by atoms with Gasteiger partial charge in [-0.1, -0.05) is 17.7 Å². The molecule has 2 aromatic rings. The number of aldehydes is 1. The number of aromatic nitrogens is 1. The smallest absolute Gasteiger partial charge is 0.180 e. The molecule has 0 aliphatic rings. The molecule has 4 nitrogen and oxygen atoms in total. The number of benzene rings is 1. The minimum Gasteiger partial charge on any atom is -0.490 e. The Labute approximate surface area is 122 Å². The van der Waals surface area contributed by atoms with Gasteiger partial charge in [0.2, 0.25) is 0 Å². The third-order valence-corrected chi connectivity index (χ3v) is 2.85. The predicted octanol–water partition coefficient (Wildman–Crippen LogP) is 3.53. The van der Waals surface area contributed by atoms with E-state index in [1.165, 1.54) is 0 Å². The topological polar surface area (TPSA) is 48.4 Å². The molecule has 2 rings (SSSR count). The zero-order valence-corrected chi connectivity index (χ0v) is 11.8. The summed E-state index contributed by atoms with van der Waals surface area (Å²) in [5, 5.41) is 0.349. The Bertz CT molecular complexity index is 587. The number of carbonyl (C=O) groups is 1. The van der Waals surface area contributed by atoms with E-state index in [9.17, 15) is 4.79 Å². The zero-order chi connectivity index (χ0) is 14.4. The van der Waals surface area contributed by atoms with Gasteiger partial charge in [-0.3, -0.25) is 9.78 Å². The van der Waals surface area contributed by atoms with Gasteiger partial charge >= 0.3 is 0 Å². The molecule has 0 radical (unpaired) electrons. The Hall–Kier alpha value is -2.07. The van der Waals surface area contributed by atoms with Crippen LogP contribution in [-0.2, 0) is 6.61 Å². The minimum atomic E-state index is 0.327. The average molecular weight is 292 g/mol. The fourth-order valence-corrected chi connectivity index (χ4v) is 1.97. The highest BCUT2D eigenvalue weighted by atomic mass is 35.5. The van der Waals surface area contributed by atoms with Gasteiger partial charge in [0, 0.05) is 23.5 Å². The summed E-state index contributed by atoms with van der Waals surface area (Å²) < 4.78 is 11.2. The second-order valence-corrected chi connectivity index (χ2v) is 4.44. The maximum Gasteiger partial charge on any atom is 0.180 e. The van der Waals surface area contributed by atoms with E-state index in [1.807, 2.05) is 19.1 Å². The van der Waals surface area contributed by atoms with E-state index in [1.54, 1.807) is 24.5 Å². The van der Waals surface area contributed by atoms with Gasteiger partial charge in [0.25, 0.3) is 0 Å². The Kier molecular flexibility index (Phi) is 4.96. The lowest BCUT2D eigenvalue weighted by molar-refractivity contribution is 0.112. The van der Waals surface area contributed by atoms with Crippen LogP contribution in [0.25, 0.3) is 0 Å². The largest absolute Gasteiger partial charge is 0.490 e. The summed E-state index contributed by atoms with van der Waals surface area (Å²) in [5.74, 6) is 0.897. The van der Waals surface area contributed by atoms with Crippen molar-refractivity contribution in [1.29, 1.82) is 0 Å². The normalized spacial score (nSPS) is 10.1. The molecule has 0 atom stereocenters. The number of halogens is 1. The number of nitrogens with zero attached hydrogens (tertiary/aromatic N) is 1. The van der Waals surface area contributed by atoms with Crippen LogP contribution in [0.2, 0.25) is 5.02 Å². The third kappa shape index (κ3) is 3.48. The van der Waals surface area contributed by atoms with Gasteiger partial charge in [0.15, 0.2) is 11.5 Å². The summed E-state index contributed by atoms with van der Waals surface area (Å²) in [7, 11) is 0. The molecule has 0 unspecified atom stereocenters. The van der Waals surface area contributed by atoms with Gasteiger partial charge in [0.05, 0.1) is 11.6 Å². The van der Waals surface area contributed by atoms with Crippen LogP contribution in [0.1, 0.15) is 22.8 Å². The van der Waals surface area contributed by atoms with Crippen molar-refractivity contribution >= 4 is 17.9 Å². The highest BCUT2D eigenvalue weighted by molar-refractivity contribution is 6.32. The molecule has 0 aliphatic carbocycles. The van der Waals surface area contributed by atoms with Crippen LogP contribution in [0, 0.1) is 0 Å². The molecule has 0 saturated carbocycles. The predicted molar refractivity (Wildman–Crippen MR) is 76.6 cm³/mol. The van der Waals surface area contributed by atoms with Crippen LogP contribution in [0.3, 0.4) is 0 Å². The fraction of sp³-hybridized carbons (Fsp3) is 0.200. The van der Waals surface area contributed by atoms with E-state index in [0.29, 0.717) is 35.3 Å². The number of carbonyl (C=O) groups excluding carboxylic acids is 1. The van der Waals surface area contributed by atoms with Gasteiger partial charge < -0.3 is 9.47 Å². The molecule has 0 spiro atoms. The monoisotopic (exact) mass is 291 g/mol. The van der Waals surface area contributed by atoms with Crippen molar-refractivity contribution in [2.75, 3.05) is 6.61 Å². The Balaban J connectivity index is 2.23. The van der Waals surface area contributed by atoms with Crippen molar-refractivity contribution in [2.24, 2.45) is 0 Å². The summed E-state index contributed by atoms with van der Waals surface area (Å²) >= 11 is 6.14. The van der Waals surface area contributed by atoms with E-state index >= 15 is 0 Å². The van der Waals surface area contributed by atoms with Crippen molar-refractivity contribution in [3.8, 4) is 11.5 Å². The molecule has 0 amide bonds. The molecule has 1 aromatic heterocycles. The summed E-state index contributed by atoms with van der Waals surface area (Å²) in [4.78, 5) is 14.9. The molecule has 1 aromatic carbocycles. The second-order valence-electron chi connectivity index (χ2n) is 4.03. The first-order chi connectivity index (χ1) is 9.74. The first kappa shape index (κ1) is 14.3. The number of hydrogen-bond donors (Lipinski definition) is 0. The lowest BCUT2D eigenvalue weighted by Gasteiger charge is -2.14. The van der Waals surface area contributed by atoms with Crippen molar-refractivity contribution < 1.29 is 14.3 Å². The van der Waals surface area contributed by atoms with Crippen LogP contribution in [0.15, 0.2) is 36.7 Å². The van der Waals surface area contributed by atoms with Crippen LogP contribution in [0.4, 0.5) is 0 Å². The van der Waals surface area contributed by atoms with E-state index in [0.717, 1.165) is 11.8 Å². The van der Waals surface area contributed by atoms with E-state index in [-0.39, 0.29) is 0 Å². The van der Waals surface area contributed by atoms with Gasteiger partial charge in [-0.15, -0.1) is 0 Å². The highest BCUT2D eigenvalue weighted by Crippen LogP contribution is 2.36. The summed E-state index contributed by atoms with van der Waals surface area (Å²) in [6, 6.07) is 6.90. The van der Waals surface area contributed by atoms with Crippen molar-refractivity contribution in [3.63, 3.8) is 0 Å². The van der Waals surface area contributed by atoms with E-state index in [4.69, 9.17) is 21.1 Å². The highest BCUT2D eigenvalue weighted by Gasteiger charge is 2.12. The standard InChI is InChI=1S/C15H14ClNO3/c1-2-19-14-7-12(9-18)6-13(16)15(14)20-10-11-4-3-5-17-8-11/h3-9H,2,10H2,1H3. The summed E-state index contributed by atoms with van der Waals surface area (Å²) in [6.45, 7) is 2.64. The molecule has 0 saturated heterocycles. The first-order valence-electron chi connectivity index (χ1n) is 6.17. The van der Waals surface area contributed by atoms with Crippen molar-refractivity contribution in [3.05, 3.63) is 52.8 Å². The lowest BCUT2D eigenvalue weighted by Crippen LogP contribution is -2.01. The zero-order valence-electron chi connectivity index (χ0n) is 11.0. The average Bonchev–Trinajstić information content (AvgIpc) is 2.47. The molecule has 20 heavy (non-hydrogen) atoms. The number of hydrogen-bond acceptors (Lipinski definition) is 4. The fourth-order valence-electron chi connectivity index (χ4n) is 1.70. The molecule has 0 bridgehead atoms. The first-order valence-corrected chi connectivity index (χ1v) is 6.55. The van der Waals surface area contributed by atoms with Crippen molar-refractivity contribution in [2.45, 2.75) is 13.5 Å². The molecule has 5 heteroatoms. The van der Waals surface area contributed by atoms with Crippen LogP contribution < -0.4 is 9.47 Å². The summed E-state index contributed by atoms with van der Waals surface area (Å²) in [5.41, 5.74) is 1.37. The number of pyridine rings is 1. The van der Waals surface area contributed by atoms with Crippen LogP contribution in [-0.4, -0.2) is 17.9 Å². The molecular formula is C15H14ClNO3. The molecule has 0 aliphatic heterocycles. The molecule has 1 heterocycles. The van der Waals surface area contributed by atoms with Gasteiger partial charge in [-0.25, -0.2) is 0 Å². The number of rotatable bonds is 6. The second kappa shape index (κ2) is 6.91. The van der Waals surface area contributed by atoms with E-state index < -0.39 is 0 Å². The Morgan fingerprint density at radius 3 is 2.85 bits per heavy atom. The van der Waals surface area contributed by atoms with Crippen LogP contribution >= 0.6 is 11.6 Å². The maximum atomic E-state index is 10.8. The maximum absolute atomic E-state index is 10.8. The number of ether oxygens (including phenoxy) is 2. The quantitative estimate of drug-likeness (QED) is 0.764. The molecular weight excluding hydrogens is 278 g/mol. The van der Waals surface area contributed by atoms with Crippen molar-refractivity contribution in [1.82, 2.24) is 4.98 Å². The third-order valence-electron chi connectivity index (χ3n) is 2.57. The Morgan fingerprint density at radius 2 is 2.20 bits per heavy atom. The van der Waals surface area contributed by atoms with Gasteiger partial charge in [-0.2, -0.15) is 0 Å². The molecule has 0 fully saturated rings. The summed E-state index contributed by atoms with van der Waals surface area (Å²) in [6.07, 6.45) is 4.13. The van der Waals surface area contributed by atoms with Gasteiger partial charge in [-0.05, 0) is 25.1 Å². The van der Waals surface area contributed by atoms with E-state index in [2.05, 4.69) is 4.98 Å². The minimum absolute atomic E-state index is 0.327. The van der Waals surface area contributed by atoms with Crippen LogP contribution in [0.5, 0.6) is 11.5 Å². The van der Waals surface area contributed by atoms with Gasteiger partial charge in [0.1, 0.15) is 12.9 Å². The SMILES string of the molecule is CCOc1cc(C=O)cc(Cl)c1OCc1cccnc1. The lowest BCUT2D eigenvalue weighted by atomic mass is 10.2. The Morgan fingerprint density at radius 1 is 1.35 bits per heavy atom. The molecule has 0 N–H and O–H groups in total.